The van der Waals surface area contributed by atoms with Crippen molar-refractivity contribution in [3.63, 3.8) is 0 Å². The minimum atomic E-state index is -1.60. The monoisotopic (exact) mass is 476 g/mol. The molecule has 170 valence electrons. The Morgan fingerprint density at radius 1 is 1.44 bits per heavy atom. The number of nitriles is 1. The Hall–Kier alpha value is -2.50. The summed E-state index contributed by atoms with van der Waals surface area (Å²) < 4.78 is 14.2. The van der Waals surface area contributed by atoms with Crippen LogP contribution >= 0.6 is 22.9 Å². The van der Waals surface area contributed by atoms with Gasteiger partial charge in [-0.05, 0) is 29.5 Å². The predicted octanol–water partition coefficient (Wildman–Crippen LogP) is 4.27. The highest BCUT2D eigenvalue weighted by Crippen LogP contribution is 2.31. The average Bonchev–Trinajstić information content (AvgIpc) is 3.30. The van der Waals surface area contributed by atoms with Gasteiger partial charge in [0.15, 0.2) is 0 Å². The number of halogens is 2. The molecule has 0 aliphatic carbocycles. The lowest BCUT2D eigenvalue weighted by molar-refractivity contribution is -0.130. The SMILES string of the molecule is CC1(F)C[C@@H](C#N)N(C(=O)CNC(=O)c2csc(Cc3ccc(Cl)c(C(C)(C)C)c3)n2)C1. The second-order valence-electron chi connectivity index (χ2n) is 9.33. The fourth-order valence-electron chi connectivity index (χ4n) is 3.70. The third-order valence-electron chi connectivity index (χ3n) is 5.34. The van der Waals surface area contributed by atoms with E-state index in [9.17, 15) is 14.0 Å². The first-order valence-electron chi connectivity index (χ1n) is 10.3. The number of alkyl halides is 1. The number of nitrogens with zero attached hydrogens (tertiary/aromatic N) is 3. The molecular formula is C23H26ClFN4O2S. The Balaban J connectivity index is 1.61. The second-order valence-corrected chi connectivity index (χ2v) is 10.7. The van der Waals surface area contributed by atoms with E-state index in [0.29, 0.717) is 6.42 Å². The molecule has 0 bridgehead atoms. The van der Waals surface area contributed by atoms with E-state index >= 15 is 0 Å². The van der Waals surface area contributed by atoms with E-state index in [1.54, 1.807) is 5.38 Å². The van der Waals surface area contributed by atoms with E-state index in [1.807, 2.05) is 18.2 Å². The van der Waals surface area contributed by atoms with E-state index < -0.39 is 23.5 Å². The smallest absolute Gasteiger partial charge is 0.271 e. The number of hydrogen-bond acceptors (Lipinski definition) is 5. The zero-order valence-corrected chi connectivity index (χ0v) is 20.1. The van der Waals surface area contributed by atoms with Crippen LogP contribution in [-0.2, 0) is 16.6 Å². The maximum Gasteiger partial charge on any atom is 0.271 e. The summed E-state index contributed by atoms with van der Waals surface area (Å²) in [5.41, 5.74) is 0.621. The maximum atomic E-state index is 14.2. The lowest BCUT2D eigenvalue weighted by Gasteiger charge is -2.21. The summed E-state index contributed by atoms with van der Waals surface area (Å²) in [7, 11) is 0. The van der Waals surface area contributed by atoms with Gasteiger partial charge in [-0.25, -0.2) is 9.37 Å². The average molecular weight is 477 g/mol. The molecule has 0 radical (unpaired) electrons. The standard InChI is InChI=1S/C23H26ClFN4O2S/c1-22(2,3)16-7-14(5-6-17(16)24)8-19-28-18(12-32-19)21(31)27-11-20(30)29-13-23(4,25)9-15(29)10-26/h5-7,12,15H,8-9,11,13H2,1-4H3,(H,27,31)/t15-,23?/m0/s1. The quantitative estimate of drug-likeness (QED) is 0.698. The third-order valence-corrected chi connectivity index (χ3v) is 6.52. The summed E-state index contributed by atoms with van der Waals surface area (Å²) in [5, 5.41) is 14.8. The zero-order chi connectivity index (χ0) is 23.7. The van der Waals surface area contributed by atoms with Crippen LogP contribution in [0.3, 0.4) is 0 Å². The molecule has 1 aliphatic rings. The van der Waals surface area contributed by atoms with Crippen molar-refractivity contribution < 1.29 is 14.0 Å². The van der Waals surface area contributed by atoms with Crippen LogP contribution < -0.4 is 5.32 Å². The summed E-state index contributed by atoms with van der Waals surface area (Å²) in [6.45, 7) is 7.19. The van der Waals surface area contributed by atoms with Gasteiger partial charge in [0.25, 0.3) is 5.91 Å². The summed E-state index contributed by atoms with van der Waals surface area (Å²) in [6, 6.07) is 7.00. The number of likely N-dealkylation sites (tertiary alicyclic amines) is 1. The Morgan fingerprint density at radius 3 is 2.81 bits per heavy atom. The maximum absolute atomic E-state index is 14.2. The number of carbonyl (C=O) groups is 2. The summed E-state index contributed by atoms with van der Waals surface area (Å²) in [5.74, 6) is -0.972. The topological polar surface area (TPSA) is 86.1 Å². The van der Waals surface area contributed by atoms with E-state index in [-0.39, 0.29) is 30.6 Å². The molecule has 0 saturated carbocycles. The molecule has 3 rings (SSSR count). The van der Waals surface area contributed by atoms with Crippen molar-refractivity contribution in [3.05, 3.63) is 50.4 Å². The van der Waals surface area contributed by atoms with Crippen LogP contribution in [0.25, 0.3) is 0 Å². The van der Waals surface area contributed by atoms with E-state index in [4.69, 9.17) is 16.9 Å². The van der Waals surface area contributed by atoms with Gasteiger partial charge in [0.1, 0.15) is 17.4 Å². The molecule has 2 amide bonds. The Morgan fingerprint density at radius 2 is 2.16 bits per heavy atom. The highest BCUT2D eigenvalue weighted by molar-refractivity contribution is 7.09. The van der Waals surface area contributed by atoms with Crippen LogP contribution in [0.5, 0.6) is 0 Å². The lowest BCUT2D eigenvalue weighted by Crippen LogP contribution is -2.43. The number of nitrogens with one attached hydrogen (secondary N) is 1. The number of benzene rings is 1. The molecule has 1 N–H and O–H groups in total. The van der Waals surface area contributed by atoms with Crippen LogP contribution in [-0.4, -0.2) is 46.5 Å². The van der Waals surface area contributed by atoms with Crippen molar-refractivity contribution in [2.75, 3.05) is 13.1 Å². The molecule has 1 fully saturated rings. The van der Waals surface area contributed by atoms with E-state index in [2.05, 4.69) is 37.1 Å². The molecule has 1 aliphatic heterocycles. The van der Waals surface area contributed by atoms with Crippen molar-refractivity contribution in [2.24, 2.45) is 0 Å². The van der Waals surface area contributed by atoms with Gasteiger partial charge in [-0.1, -0.05) is 44.5 Å². The molecule has 2 atom stereocenters. The number of aromatic nitrogens is 1. The minimum absolute atomic E-state index is 0.0275. The van der Waals surface area contributed by atoms with Crippen molar-refractivity contribution in [1.29, 1.82) is 5.26 Å². The highest BCUT2D eigenvalue weighted by Gasteiger charge is 2.43. The molecule has 1 aromatic carbocycles. The summed E-state index contributed by atoms with van der Waals surface area (Å²) in [6.07, 6.45) is 0.532. The van der Waals surface area contributed by atoms with Gasteiger partial charge >= 0.3 is 0 Å². The first-order valence-corrected chi connectivity index (χ1v) is 11.5. The van der Waals surface area contributed by atoms with Gasteiger partial charge < -0.3 is 10.2 Å². The number of hydrogen-bond donors (Lipinski definition) is 1. The summed E-state index contributed by atoms with van der Waals surface area (Å²) in [4.78, 5) is 30.4. The van der Waals surface area contributed by atoms with Crippen LogP contribution in [0.4, 0.5) is 4.39 Å². The molecule has 6 nitrogen and oxygen atoms in total. The van der Waals surface area contributed by atoms with Crippen LogP contribution in [0, 0.1) is 11.3 Å². The van der Waals surface area contributed by atoms with Gasteiger partial charge in [0.2, 0.25) is 5.91 Å². The first-order chi connectivity index (χ1) is 14.9. The van der Waals surface area contributed by atoms with Crippen molar-refractivity contribution in [2.45, 2.75) is 57.7 Å². The molecule has 1 aromatic heterocycles. The molecule has 32 heavy (non-hydrogen) atoms. The fourth-order valence-corrected chi connectivity index (χ4v) is 4.91. The van der Waals surface area contributed by atoms with Crippen LogP contribution in [0.1, 0.15) is 60.7 Å². The van der Waals surface area contributed by atoms with Gasteiger partial charge in [0.05, 0.1) is 24.2 Å². The molecular weight excluding hydrogens is 451 g/mol. The van der Waals surface area contributed by atoms with Gasteiger partial charge in [-0.3, -0.25) is 9.59 Å². The normalized spacial score (nSPS) is 20.8. The van der Waals surface area contributed by atoms with Gasteiger partial charge in [-0.15, -0.1) is 11.3 Å². The minimum Gasteiger partial charge on any atom is -0.342 e. The highest BCUT2D eigenvalue weighted by atomic mass is 35.5. The Kier molecular flexibility index (Phi) is 6.91. The van der Waals surface area contributed by atoms with Gasteiger partial charge in [0, 0.05) is 23.2 Å². The second kappa shape index (κ2) is 9.16. The molecule has 9 heteroatoms. The summed E-state index contributed by atoms with van der Waals surface area (Å²) >= 11 is 7.70. The fraction of sp³-hybridized carbons (Fsp3) is 0.478. The van der Waals surface area contributed by atoms with Crippen molar-refractivity contribution in [3.8, 4) is 6.07 Å². The number of carbonyl (C=O) groups excluding carboxylic acids is 2. The predicted molar refractivity (Wildman–Crippen MR) is 123 cm³/mol. The van der Waals surface area contributed by atoms with Gasteiger partial charge in [-0.2, -0.15) is 5.26 Å². The molecule has 2 aromatic rings. The van der Waals surface area contributed by atoms with Crippen molar-refractivity contribution >= 4 is 34.8 Å². The third kappa shape index (κ3) is 5.64. The molecule has 2 heterocycles. The Bertz CT molecular complexity index is 1070. The Labute approximate surface area is 196 Å². The van der Waals surface area contributed by atoms with E-state index in [0.717, 1.165) is 21.2 Å². The number of thiazole rings is 1. The lowest BCUT2D eigenvalue weighted by atomic mass is 9.86. The zero-order valence-electron chi connectivity index (χ0n) is 18.5. The van der Waals surface area contributed by atoms with E-state index in [1.165, 1.54) is 23.2 Å². The number of rotatable bonds is 5. The van der Waals surface area contributed by atoms with Crippen LogP contribution in [0.2, 0.25) is 5.02 Å². The molecule has 1 saturated heterocycles. The number of amides is 2. The van der Waals surface area contributed by atoms with Crippen LogP contribution in [0.15, 0.2) is 23.6 Å². The first kappa shape index (κ1) is 24.1. The molecule has 0 spiro atoms. The largest absolute Gasteiger partial charge is 0.342 e. The van der Waals surface area contributed by atoms with Crippen molar-refractivity contribution in [1.82, 2.24) is 15.2 Å². The molecule has 1 unspecified atom stereocenters.